The Hall–Kier alpha value is -2.31. The number of carbonyl (C=O) groups excluding carboxylic acids is 1. The summed E-state index contributed by atoms with van der Waals surface area (Å²) >= 11 is 2.95. The normalized spacial score (nSPS) is 10.5. The maximum atomic E-state index is 12.5. The molecule has 0 aliphatic heterocycles. The number of carbonyl (C=O) groups is 1. The number of thioether (sulfide) groups is 1. The molecule has 3 rings (SSSR count). The lowest BCUT2D eigenvalue weighted by Gasteiger charge is -2.07. The van der Waals surface area contributed by atoms with Crippen LogP contribution in [-0.2, 0) is 0 Å². The van der Waals surface area contributed by atoms with E-state index in [9.17, 15) is 4.79 Å². The standard InChI is InChI=1S/C19H18N2O2S2/c1-12-8-9-16(23-2)14(10-12)15-11-25-19(20-15)21-18(22)13-6-4-5-7-17(13)24-3/h4-11H,1-3H3,(H,20,21,22). The topological polar surface area (TPSA) is 51.2 Å². The second-order valence-corrected chi connectivity index (χ2v) is 7.10. The molecule has 0 aliphatic carbocycles. The highest BCUT2D eigenvalue weighted by atomic mass is 32.2. The Balaban J connectivity index is 1.85. The predicted molar refractivity (Wildman–Crippen MR) is 105 cm³/mol. The van der Waals surface area contributed by atoms with Crippen molar-refractivity contribution in [1.29, 1.82) is 0 Å². The van der Waals surface area contributed by atoms with E-state index < -0.39 is 0 Å². The van der Waals surface area contributed by atoms with Gasteiger partial charge in [0.25, 0.3) is 5.91 Å². The largest absolute Gasteiger partial charge is 0.496 e. The van der Waals surface area contributed by atoms with E-state index in [1.54, 1.807) is 18.9 Å². The molecule has 1 N–H and O–H groups in total. The van der Waals surface area contributed by atoms with Crippen molar-refractivity contribution in [3.05, 3.63) is 59.0 Å². The molecule has 4 nitrogen and oxygen atoms in total. The fraction of sp³-hybridized carbons (Fsp3) is 0.158. The van der Waals surface area contributed by atoms with Crippen LogP contribution in [0.5, 0.6) is 5.75 Å². The monoisotopic (exact) mass is 370 g/mol. The Kier molecular flexibility index (Phi) is 5.40. The van der Waals surface area contributed by atoms with Crippen molar-refractivity contribution in [2.24, 2.45) is 0 Å². The number of anilines is 1. The van der Waals surface area contributed by atoms with Crippen molar-refractivity contribution < 1.29 is 9.53 Å². The third kappa shape index (κ3) is 3.86. The zero-order chi connectivity index (χ0) is 17.8. The molecule has 0 saturated heterocycles. The second kappa shape index (κ2) is 7.72. The van der Waals surface area contributed by atoms with Crippen LogP contribution in [0.1, 0.15) is 15.9 Å². The second-order valence-electron chi connectivity index (χ2n) is 5.40. The van der Waals surface area contributed by atoms with Gasteiger partial charge in [-0.1, -0.05) is 23.8 Å². The first-order valence-corrected chi connectivity index (χ1v) is 9.77. The average molecular weight is 370 g/mol. The first kappa shape index (κ1) is 17.5. The van der Waals surface area contributed by atoms with Gasteiger partial charge in [0, 0.05) is 15.8 Å². The van der Waals surface area contributed by atoms with E-state index in [-0.39, 0.29) is 5.91 Å². The maximum absolute atomic E-state index is 12.5. The summed E-state index contributed by atoms with van der Waals surface area (Å²) in [5, 5.41) is 5.38. The van der Waals surface area contributed by atoms with Crippen molar-refractivity contribution in [2.45, 2.75) is 11.8 Å². The van der Waals surface area contributed by atoms with Gasteiger partial charge in [-0.2, -0.15) is 0 Å². The number of aromatic nitrogens is 1. The molecule has 25 heavy (non-hydrogen) atoms. The van der Waals surface area contributed by atoms with E-state index >= 15 is 0 Å². The van der Waals surface area contributed by atoms with Crippen LogP contribution in [-0.4, -0.2) is 24.3 Å². The van der Waals surface area contributed by atoms with Gasteiger partial charge in [0.15, 0.2) is 5.13 Å². The summed E-state index contributed by atoms with van der Waals surface area (Å²) in [6.45, 7) is 2.03. The molecule has 0 radical (unpaired) electrons. The summed E-state index contributed by atoms with van der Waals surface area (Å²) < 4.78 is 5.42. The van der Waals surface area contributed by atoms with E-state index in [0.29, 0.717) is 10.7 Å². The molecule has 1 heterocycles. The number of rotatable bonds is 5. The minimum atomic E-state index is -0.151. The maximum Gasteiger partial charge on any atom is 0.258 e. The van der Waals surface area contributed by atoms with Crippen LogP contribution in [0, 0.1) is 6.92 Å². The lowest BCUT2D eigenvalue weighted by molar-refractivity contribution is 0.102. The number of ether oxygens (including phenoxy) is 1. The van der Waals surface area contributed by atoms with E-state index in [2.05, 4.69) is 10.3 Å². The lowest BCUT2D eigenvalue weighted by atomic mass is 10.1. The van der Waals surface area contributed by atoms with E-state index in [1.807, 2.05) is 61.0 Å². The predicted octanol–water partition coefficient (Wildman–Crippen LogP) is 5.10. The number of amides is 1. The van der Waals surface area contributed by atoms with Crippen LogP contribution < -0.4 is 10.1 Å². The Morgan fingerprint density at radius 1 is 1.24 bits per heavy atom. The zero-order valence-corrected chi connectivity index (χ0v) is 15.8. The third-order valence-electron chi connectivity index (χ3n) is 3.71. The third-order valence-corrected chi connectivity index (χ3v) is 5.26. The highest BCUT2D eigenvalue weighted by molar-refractivity contribution is 7.98. The average Bonchev–Trinajstić information content (AvgIpc) is 3.09. The zero-order valence-electron chi connectivity index (χ0n) is 14.2. The van der Waals surface area contributed by atoms with E-state index in [4.69, 9.17) is 4.74 Å². The number of hydrogen-bond acceptors (Lipinski definition) is 5. The van der Waals surface area contributed by atoms with Crippen molar-refractivity contribution >= 4 is 34.1 Å². The van der Waals surface area contributed by atoms with Gasteiger partial charge in [-0.15, -0.1) is 23.1 Å². The van der Waals surface area contributed by atoms with Crippen molar-refractivity contribution in [2.75, 3.05) is 18.7 Å². The molecule has 1 amide bonds. The first-order valence-electron chi connectivity index (χ1n) is 7.67. The Labute approximate surface area is 155 Å². The van der Waals surface area contributed by atoms with Crippen molar-refractivity contribution in [1.82, 2.24) is 4.98 Å². The summed E-state index contributed by atoms with van der Waals surface area (Å²) in [4.78, 5) is 18.0. The van der Waals surface area contributed by atoms with Gasteiger partial charge in [0.1, 0.15) is 5.75 Å². The quantitative estimate of drug-likeness (QED) is 0.635. The number of benzene rings is 2. The van der Waals surface area contributed by atoms with Crippen LogP contribution in [0.3, 0.4) is 0 Å². The SMILES string of the molecule is COc1ccc(C)cc1-c1csc(NC(=O)c2ccccc2SC)n1. The van der Waals surface area contributed by atoms with Crippen molar-refractivity contribution in [3.63, 3.8) is 0 Å². The number of thiazole rings is 1. The highest BCUT2D eigenvalue weighted by Gasteiger charge is 2.14. The molecule has 0 unspecified atom stereocenters. The van der Waals surface area contributed by atoms with Gasteiger partial charge >= 0.3 is 0 Å². The fourth-order valence-electron chi connectivity index (χ4n) is 2.47. The number of nitrogens with one attached hydrogen (secondary N) is 1. The molecule has 2 aromatic carbocycles. The molecule has 0 atom stereocenters. The van der Waals surface area contributed by atoms with E-state index in [0.717, 1.165) is 27.5 Å². The number of hydrogen-bond donors (Lipinski definition) is 1. The van der Waals surface area contributed by atoms with Crippen LogP contribution in [0.4, 0.5) is 5.13 Å². The molecule has 0 spiro atoms. The molecule has 1 aromatic heterocycles. The van der Waals surface area contributed by atoms with Gasteiger partial charge in [-0.05, 0) is 37.4 Å². The van der Waals surface area contributed by atoms with Gasteiger partial charge < -0.3 is 4.74 Å². The van der Waals surface area contributed by atoms with Crippen LogP contribution >= 0.6 is 23.1 Å². The van der Waals surface area contributed by atoms with Crippen molar-refractivity contribution in [3.8, 4) is 17.0 Å². The molecular formula is C19H18N2O2S2. The molecule has 128 valence electrons. The van der Waals surface area contributed by atoms with Crippen LogP contribution in [0.15, 0.2) is 52.7 Å². The van der Waals surface area contributed by atoms with Crippen LogP contribution in [0.2, 0.25) is 0 Å². The number of methoxy groups -OCH3 is 1. The summed E-state index contributed by atoms with van der Waals surface area (Å²) in [5.74, 6) is 0.614. The van der Waals surface area contributed by atoms with Gasteiger partial charge in [-0.3, -0.25) is 10.1 Å². The van der Waals surface area contributed by atoms with E-state index in [1.165, 1.54) is 11.3 Å². The summed E-state index contributed by atoms with van der Waals surface area (Å²) in [5.41, 5.74) is 3.49. The molecular weight excluding hydrogens is 352 g/mol. The Morgan fingerprint density at radius 2 is 2.04 bits per heavy atom. The fourth-order valence-corrected chi connectivity index (χ4v) is 3.77. The summed E-state index contributed by atoms with van der Waals surface area (Å²) in [6.07, 6.45) is 1.96. The molecule has 0 saturated carbocycles. The van der Waals surface area contributed by atoms with Gasteiger partial charge in [0.05, 0.1) is 18.4 Å². The molecule has 3 aromatic rings. The highest BCUT2D eigenvalue weighted by Crippen LogP contribution is 2.33. The minimum Gasteiger partial charge on any atom is -0.496 e. The lowest BCUT2D eigenvalue weighted by Crippen LogP contribution is -2.12. The molecule has 6 heteroatoms. The first-order chi connectivity index (χ1) is 12.1. The Morgan fingerprint density at radius 3 is 2.80 bits per heavy atom. The molecule has 0 aliphatic rings. The molecule has 0 fully saturated rings. The Bertz CT molecular complexity index is 906. The smallest absolute Gasteiger partial charge is 0.258 e. The molecule has 0 bridgehead atoms. The number of aryl methyl sites for hydroxylation is 1. The van der Waals surface area contributed by atoms with Crippen LogP contribution in [0.25, 0.3) is 11.3 Å². The minimum absolute atomic E-state index is 0.151. The summed E-state index contributed by atoms with van der Waals surface area (Å²) in [7, 11) is 1.64. The van der Waals surface area contributed by atoms with Gasteiger partial charge in [-0.25, -0.2) is 4.98 Å². The summed E-state index contributed by atoms with van der Waals surface area (Å²) in [6, 6.07) is 13.5. The number of nitrogens with zero attached hydrogens (tertiary/aromatic N) is 1. The van der Waals surface area contributed by atoms with Gasteiger partial charge in [0.2, 0.25) is 0 Å².